The number of hydrogen-bond donors (Lipinski definition) is 0. The lowest BCUT2D eigenvalue weighted by molar-refractivity contribution is -0.00470. The molecule has 2 aliphatic heterocycles. The zero-order chi connectivity index (χ0) is 9.47. The Morgan fingerprint density at radius 2 is 2.38 bits per heavy atom. The minimum atomic E-state index is -0.641. The van der Waals surface area contributed by atoms with Crippen molar-refractivity contribution in [3.63, 3.8) is 0 Å². The van der Waals surface area contributed by atoms with Gasteiger partial charge in [0.25, 0.3) is 0 Å². The fourth-order valence-electron chi connectivity index (χ4n) is 2.99. The van der Waals surface area contributed by atoms with Crippen molar-refractivity contribution in [1.29, 1.82) is 0 Å². The predicted octanol–water partition coefficient (Wildman–Crippen LogP) is 1.60. The average Bonchev–Trinajstić information content (AvgIpc) is 2.59. The Balaban J connectivity index is 2.18. The summed E-state index contributed by atoms with van der Waals surface area (Å²) in [5, 5.41) is 0. The zero-order valence-electron chi connectivity index (χ0n) is 8.42. The monoisotopic (exact) mass is 187 g/mol. The van der Waals surface area contributed by atoms with E-state index in [0.29, 0.717) is 13.0 Å². The van der Waals surface area contributed by atoms with E-state index in [1.54, 1.807) is 7.11 Å². The minimum absolute atomic E-state index is 0.0220. The van der Waals surface area contributed by atoms with E-state index < -0.39 is 6.17 Å². The normalized spacial score (nSPS) is 42.2. The minimum Gasteiger partial charge on any atom is -0.380 e. The summed E-state index contributed by atoms with van der Waals surface area (Å²) in [5.41, 5.74) is 0.0220. The number of methoxy groups -OCH3 is 1. The molecule has 0 radical (unpaired) electrons. The summed E-state index contributed by atoms with van der Waals surface area (Å²) in [7, 11) is 1.72. The van der Waals surface area contributed by atoms with E-state index in [4.69, 9.17) is 4.74 Å². The van der Waals surface area contributed by atoms with Gasteiger partial charge in [0.15, 0.2) is 0 Å². The first-order valence-electron chi connectivity index (χ1n) is 5.11. The number of hydrogen-bond acceptors (Lipinski definition) is 2. The van der Waals surface area contributed by atoms with Crippen molar-refractivity contribution < 1.29 is 9.13 Å². The van der Waals surface area contributed by atoms with Crippen molar-refractivity contribution in [2.75, 3.05) is 20.2 Å². The molecule has 76 valence electrons. The maximum Gasteiger partial charge on any atom is 0.115 e. The smallest absolute Gasteiger partial charge is 0.115 e. The van der Waals surface area contributed by atoms with Gasteiger partial charge in [-0.15, -0.1) is 0 Å². The molecule has 2 aliphatic rings. The van der Waals surface area contributed by atoms with Crippen LogP contribution in [0.1, 0.15) is 26.2 Å². The molecular weight excluding hydrogens is 169 g/mol. The Labute approximate surface area is 79.1 Å². The van der Waals surface area contributed by atoms with E-state index in [-0.39, 0.29) is 11.6 Å². The van der Waals surface area contributed by atoms with Gasteiger partial charge >= 0.3 is 0 Å². The molecule has 0 bridgehead atoms. The fraction of sp³-hybridized carbons (Fsp3) is 1.00. The molecule has 3 atom stereocenters. The molecule has 0 aromatic heterocycles. The van der Waals surface area contributed by atoms with Crippen LogP contribution in [-0.2, 0) is 4.74 Å². The summed E-state index contributed by atoms with van der Waals surface area (Å²) in [6.07, 6.45) is 2.49. The van der Waals surface area contributed by atoms with E-state index in [1.807, 2.05) is 0 Å². The predicted molar refractivity (Wildman–Crippen MR) is 49.5 cm³/mol. The molecule has 3 heteroatoms. The van der Waals surface area contributed by atoms with Crippen LogP contribution in [0.2, 0.25) is 0 Å². The summed E-state index contributed by atoms with van der Waals surface area (Å²) in [6.45, 7) is 3.73. The van der Waals surface area contributed by atoms with Crippen LogP contribution in [0.15, 0.2) is 0 Å². The van der Waals surface area contributed by atoms with Crippen LogP contribution in [0.5, 0.6) is 0 Å². The first kappa shape index (κ1) is 9.41. The van der Waals surface area contributed by atoms with Gasteiger partial charge in [-0.25, -0.2) is 4.39 Å². The molecule has 0 saturated carbocycles. The van der Waals surface area contributed by atoms with Crippen LogP contribution >= 0.6 is 0 Å². The lowest BCUT2D eigenvalue weighted by atomic mass is 9.88. The Bertz CT molecular complexity index is 199. The first-order valence-corrected chi connectivity index (χ1v) is 5.11. The van der Waals surface area contributed by atoms with Crippen LogP contribution in [0.3, 0.4) is 0 Å². The largest absolute Gasteiger partial charge is 0.380 e. The molecule has 0 aromatic carbocycles. The van der Waals surface area contributed by atoms with Crippen molar-refractivity contribution in [2.24, 2.45) is 0 Å². The number of fused-ring (bicyclic) bond motifs is 1. The highest BCUT2D eigenvalue weighted by atomic mass is 19.1. The van der Waals surface area contributed by atoms with Gasteiger partial charge in [0.1, 0.15) is 6.17 Å². The lowest BCUT2D eigenvalue weighted by Crippen LogP contribution is -2.48. The molecule has 0 aromatic rings. The molecule has 1 unspecified atom stereocenters. The van der Waals surface area contributed by atoms with Gasteiger partial charge in [-0.1, -0.05) is 0 Å². The molecule has 13 heavy (non-hydrogen) atoms. The molecule has 2 rings (SSSR count). The summed E-state index contributed by atoms with van der Waals surface area (Å²) in [4.78, 5) is 2.28. The van der Waals surface area contributed by atoms with Gasteiger partial charge in [-0.2, -0.15) is 0 Å². The van der Waals surface area contributed by atoms with Crippen molar-refractivity contribution in [1.82, 2.24) is 4.90 Å². The highest BCUT2D eigenvalue weighted by Gasteiger charge is 2.52. The number of alkyl halides is 1. The highest BCUT2D eigenvalue weighted by Crippen LogP contribution is 2.43. The lowest BCUT2D eigenvalue weighted by Gasteiger charge is -2.36. The third kappa shape index (κ3) is 1.29. The van der Waals surface area contributed by atoms with E-state index in [1.165, 1.54) is 6.42 Å². The van der Waals surface area contributed by atoms with Crippen LogP contribution < -0.4 is 0 Å². The molecule has 2 fully saturated rings. The van der Waals surface area contributed by atoms with E-state index >= 15 is 0 Å². The Hall–Kier alpha value is -0.150. The van der Waals surface area contributed by atoms with Crippen molar-refractivity contribution in [3.8, 4) is 0 Å². The summed E-state index contributed by atoms with van der Waals surface area (Å²) >= 11 is 0. The fourth-order valence-corrected chi connectivity index (χ4v) is 2.99. The van der Waals surface area contributed by atoms with E-state index in [2.05, 4.69) is 11.8 Å². The third-order valence-corrected chi connectivity index (χ3v) is 3.77. The Kier molecular flexibility index (Phi) is 2.32. The zero-order valence-corrected chi connectivity index (χ0v) is 8.42. The maximum atomic E-state index is 13.3. The van der Waals surface area contributed by atoms with Crippen LogP contribution in [-0.4, -0.2) is 42.9 Å². The molecule has 2 nitrogen and oxygen atoms in total. The van der Waals surface area contributed by atoms with Crippen molar-refractivity contribution in [3.05, 3.63) is 0 Å². The summed E-state index contributed by atoms with van der Waals surface area (Å²) in [6, 6.07) is 0. The molecule has 0 N–H and O–H groups in total. The van der Waals surface area contributed by atoms with Gasteiger partial charge in [0, 0.05) is 25.6 Å². The summed E-state index contributed by atoms with van der Waals surface area (Å²) in [5.74, 6) is 0. The summed E-state index contributed by atoms with van der Waals surface area (Å²) < 4.78 is 18.7. The van der Waals surface area contributed by atoms with Gasteiger partial charge in [0.2, 0.25) is 0 Å². The van der Waals surface area contributed by atoms with Crippen LogP contribution in [0.25, 0.3) is 0 Å². The number of ether oxygens (including phenoxy) is 1. The van der Waals surface area contributed by atoms with Crippen molar-refractivity contribution >= 4 is 0 Å². The second kappa shape index (κ2) is 3.21. The van der Waals surface area contributed by atoms with Crippen molar-refractivity contribution in [2.45, 2.75) is 44.0 Å². The van der Waals surface area contributed by atoms with Gasteiger partial charge in [-0.05, 0) is 26.3 Å². The van der Waals surface area contributed by atoms with Gasteiger partial charge in [-0.3, -0.25) is 4.90 Å². The van der Waals surface area contributed by atoms with Gasteiger partial charge in [0.05, 0.1) is 6.10 Å². The second-order valence-electron chi connectivity index (χ2n) is 4.33. The highest BCUT2D eigenvalue weighted by molar-refractivity contribution is 5.06. The molecular formula is C10H18FNO. The number of halogens is 1. The van der Waals surface area contributed by atoms with E-state index in [0.717, 1.165) is 13.0 Å². The van der Waals surface area contributed by atoms with Crippen LogP contribution in [0, 0.1) is 0 Å². The molecule has 0 amide bonds. The molecule has 2 heterocycles. The Morgan fingerprint density at radius 1 is 1.62 bits per heavy atom. The second-order valence-corrected chi connectivity index (χ2v) is 4.33. The van der Waals surface area contributed by atoms with E-state index in [9.17, 15) is 4.39 Å². The molecule has 0 spiro atoms. The number of rotatable bonds is 2. The Morgan fingerprint density at radius 3 is 3.08 bits per heavy atom. The average molecular weight is 187 g/mol. The standard InChI is InChI=1S/C10H18FNO/c1-8(13-2)10-4-3-5-12(10)7-9(11)6-10/h8-9H,3-7H2,1-2H3/t8?,9-,10+/m0/s1. The SMILES string of the molecule is COC(C)[C@]12CCCN1C[C@@H](F)C2. The molecule has 2 saturated heterocycles. The quantitative estimate of drug-likeness (QED) is 0.651. The number of nitrogens with zero attached hydrogens (tertiary/aromatic N) is 1. The molecule has 0 aliphatic carbocycles. The van der Waals surface area contributed by atoms with Crippen LogP contribution in [0.4, 0.5) is 4.39 Å². The van der Waals surface area contributed by atoms with Gasteiger partial charge < -0.3 is 4.74 Å². The third-order valence-electron chi connectivity index (χ3n) is 3.77. The first-order chi connectivity index (χ1) is 6.19. The topological polar surface area (TPSA) is 12.5 Å². The maximum absolute atomic E-state index is 13.3.